The minimum atomic E-state index is 0.157. The molecule has 0 spiro atoms. The molecule has 0 aliphatic carbocycles. The van der Waals surface area contributed by atoms with Crippen LogP contribution in [-0.4, -0.2) is 25.4 Å². The molecule has 0 aromatic rings. The molecule has 0 saturated heterocycles. The molecular weight excluding hydrogens is 192 g/mol. The predicted octanol–water partition coefficient (Wildman–Crippen LogP) is 3.33. The fraction of sp³-hybridized carbons (Fsp3) is 1.00. The molecule has 0 rings (SSSR count). The summed E-state index contributed by atoms with van der Waals surface area (Å²) in [5.74, 6) is 0. The van der Waals surface area contributed by atoms with E-state index in [0.29, 0.717) is 12.7 Å². The van der Waals surface area contributed by atoms with Crippen molar-refractivity contribution in [3.8, 4) is 0 Å². The molecule has 0 saturated carbocycles. The molecular formula is C12H26O3. The lowest BCUT2D eigenvalue weighted by Crippen LogP contribution is -2.05. The maximum atomic E-state index is 5.45. The molecule has 0 aliphatic rings. The SMILES string of the molecule is CC(C)OCCCCCCOOC(C)C. The second-order valence-corrected chi connectivity index (χ2v) is 4.30. The van der Waals surface area contributed by atoms with Crippen molar-refractivity contribution in [3.63, 3.8) is 0 Å². The van der Waals surface area contributed by atoms with Gasteiger partial charge in [-0.05, 0) is 40.5 Å². The molecule has 3 nitrogen and oxygen atoms in total. The van der Waals surface area contributed by atoms with E-state index in [-0.39, 0.29) is 6.10 Å². The Morgan fingerprint density at radius 1 is 0.733 bits per heavy atom. The van der Waals surface area contributed by atoms with Crippen LogP contribution in [0.15, 0.2) is 0 Å². The molecule has 0 unspecified atom stereocenters. The van der Waals surface area contributed by atoms with E-state index in [9.17, 15) is 0 Å². The first-order valence-electron chi connectivity index (χ1n) is 6.02. The molecule has 0 bridgehead atoms. The van der Waals surface area contributed by atoms with Gasteiger partial charge in [-0.2, -0.15) is 0 Å². The normalized spacial score (nSPS) is 11.6. The van der Waals surface area contributed by atoms with Crippen LogP contribution in [0.2, 0.25) is 0 Å². The second kappa shape index (κ2) is 10.4. The maximum absolute atomic E-state index is 5.45. The number of hydrogen-bond donors (Lipinski definition) is 0. The Morgan fingerprint density at radius 2 is 1.33 bits per heavy atom. The zero-order valence-corrected chi connectivity index (χ0v) is 10.6. The zero-order valence-electron chi connectivity index (χ0n) is 10.6. The Labute approximate surface area is 94.0 Å². The van der Waals surface area contributed by atoms with Crippen molar-refractivity contribution in [2.24, 2.45) is 0 Å². The van der Waals surface area contributed by atoms with Gasteiger partial charge in [0.15, 0.2) is 0 Å². The quantitative estimate of drug-likeness (QED) is 0.320. The average Bonchev–Trinajstić information content (AvgIpc) is 2.14. The summed E-state index contributed by atoms with van der Waals surface area (Å²) < 4.78 is 5.45. The topological polar surface area (TPSA) is 27.7 Å². The van der Waals surface area contributed by atoms with Gasteiger partial charge in [-0.25, -0.2) is 9.78 Å². The molecule has 0 radical (unpaired) electrons. The standard InChI is InChI=1S/C12H26O3/c1-11(2)13-9-7-5-6-8-10-14-15-12(3)4/h11-12H,5-10H2,1-4H3. The molecule has 92 valence electrons. The fourth-order valence-electron chi connectivity index (χ4n) is 1.12. The van der Waals surface area contributed by atoms with E-state index in [2.05, 4.69) is 13.8 Å². The van der Waals surface area contributed by atoms with Gasteiger partial charge in [0.05, 0.1) is 18.8 Å². The minimum absolute atomic E-state index is 0.157. The van der Waals surface area contributed by atoms with Gasteiger partial charge in [-0.15, -0.1) is 0 Å². The van der Waals surface area contributed by atoms with Crippen LogP contribution < -0.4 is 0 Å². The van der Waals surface area contributed by atoms with Crippen molar-refractivity contribution in [2.45, 2.75) is 65.6 Å². The summed E-state index contributed by atoms with van der Waals surface area (Å²) in [6.45, 7) is 9.63. The van der Waals surface area contributed by atoms with E-state index >= 15 is 0 Å². The van der Waals surface area contributed by atoms with E-state index in [1.807, 2.05) is 13.8 Å². The number of rotatable bonds is 10. The van der Waals surface area contributed by atoms with Crippen molar-refractivity contribution >= 4 is 0 Å². The first kappa shape index (κ1) is 14.9. The first-order valence-corrected chi connectivity index (χ1v) is 6.02. The van der Waals surface area contributed by atoms with Crippen LogP contribution in [0.25, 0.3) is 0 Å². The van der Waals surface area contributed by atoms with Crippen molar-refractivity contribution in [2.75, 3.05) is 13.2 Å². The Morgan fingerprint density at radius 3 is 1.87 bits per heavy atom. The van der Waals surface area contributed by atoms with Crippen molar-refractivity contribution in [3.05, 3.63) is 0 Å². The molecule has 0 fully saturated rings. The Kier molecular flexibility index (Phi) is 10.3. The third-order valence-corrected chi connectivity index (χ3v) is 1.83. The monoisotopic (exact) mass is 218 g/mol. The van der Waals surface area contributed by atoms with Gasteiger partial charge in [0.1, 0.15) is 0 Å². The summed E-state index contributed by atoms with van der Waals surface area (Å²) in [6.07, 6.45) is 5.11. The lowest BCUT2D eigenvalue weighted by atomic mass is 10.2. The van der Waals surface area contributed by atoms with Gasteiger partial charge in [0.25, 0.3) is 0 Å². The molecule has 3 heteroatoms. The molecule has 0 aromatic carbocycles. The Bertz CT molecular complexity index is 110. The van der Waals surface area contributed by atoms with Crippen molar-refractivity contribution in [1.29, 1.82) is 0 Å². The van der Waals surface area contributed by atoms with Crippen molar-refractivity contribution in [1.82, 2.24) is 0 Å². The molecule has 0 heterocycles. The number of hydrogen-bond acceptors (Lipinski definition) is 3. The van der Waals surface area contributed by atoms with Crippen LogP contribution in [0.4, 0.5) is 0 Å². The molecule has 0 atom stereocenters. The van der Waals surface area contributed by atoms with E-state index in [1.54, 1.807) is 0 Å². The highest BCUT2D eigenvalue weighted by atomic mass is 17.2. The summed E-state index contributed by atoms with van der Waals surface area (Å²) in [7, 11) is 0. The molecule has 0 amide bonds. The lowest BCUT2D eigenvalue weighted by Gasteiger charge is -2.07. The molecule has 0 aromatic heterocycles. The summed E-state index contributed by atoms with van der Waals surface area (Å²) in [5, 5.41) is 0. The Hall–Kier alpha value is -0.120. The summed E-state index contributed by atoms with van der Waals surface area (Å²) in [6, 6.07) is 0. The number of ether oxygens (including phenoxy) is 1. The summed E-state index contributed by atoms with van der Waals surface area (Å²) in [4.78, 5) is 9.98. The highest BCUT2D eigenvalue weighted by molar-refractivity contribution is 4.43. The third kappa shape index (κ3) is 13.9. The maximum Gasteiger partial charge on any atom is 0.0873 e. The summed E-state index contributed by atoms with van der Waals surface area (Å²) >= 11 is 0. The number of unbranched alkanes of at least 4 members (excludes halogenated alkanes) is 3. The zero-order chi connectivity index (χ0) is 11.5. The highest BCUT2D eigenvalue weighted by Crippen LogP contribution is 2.02. The third-order valence-electron chi connectivity index (χ3n) is 1.83. The molecule has 0 N–H and O–H groups in total. The lowest BCUT2D eigenvalue weighted by molar-refractivity contribution is -0.317. The summed E-state index contributed by atoms with van der Waals surface area (Å²) in [5.41, 5.74) is 0. The molecule has 15 heavy (non-hydrogen) atoms. The van der Waals surface area contributed by atoms with Gasteiger partial charge >= 0.3 is 0 Å². The Balaban J connectivity index is 2.93. The first-order chi connectivity index (χ1) is 7.13. The largest absolute Gasteiger partial charge is 0.379 e. The van der Waals surface area contributed by atoms with E-state index < -0.39 is 0 Å². The second-order valence-electron chi connectivity index (χ2n) is 4.30. The van der Waals surface area contributed by atoms with Gasteiger partial charge < -0.3 is 4.74 Å². The van der Waals surface area contributed by atoms with Crippen LogP contribution in [0.1, 0.15) is 53.4 Å². The van der Waals surface area contributed by atoms with E-state index in [4.69, 9.17) is 14.5 Å². The van der Waals surface area contributed by atoms with Crippen LogP contribution in [0.5, 0.6) is 0 Å². The van der Waals surface area contributed by atoms with Gasteiger partial charge in [0.2, 0.25) is 0 Å². The van der Waals surface area contributed by atoms with E-state index in [1.165, 1.54) is 12.8 Å². The van der Waals surface area contributed by atoms with Crippen LogP contribution in [-0.2, 0) is 14.5 Å². The molecule has 0 aliphatic heterocycles. The minimum Gasteiger partial charge on any atom is -0.379 e. The van der Waals surface area contributed by atoms with Gasteiger partial charge in [-0.1, -0.05) is 12.8 Å². The van der Waals surface area contributed by atoms with Crippen LogP contribution in [0.3, 0.4) is 0 Å². The van der Waals surface area contributed by atoms with E-state index in [0.717, 1.165) is 19.4 Å². The highest BCUT2D eigenvalue weighted by Gasteiger charge is 1.96. The fourth-order valence-corrected chi connectivity index (χ4v) is 1.12. The van der Waals surface area contributed by atoms with Gasteiger partial charge in [0, 0.05) is 6.61 Å². The van der Waals surface area contributed by atoms with Crippen LogP contribution in [0, 0.1) is 0 Å². The van der Waals surface area contributed by atoms with Crippen molar-refractivity contribution < 1.29 is 14.5 Å². The predicted molar refractivity (Wildman–Crippen MR) is 61.7 cm³/mol. The average molecular weight is 218 g/mol. The van der Waals surface area contributed by atoms with Gasteiger partial charge in [-0.3, -0.25) is 0 Å². The van der Waals surface area contributed by atoms with Crippen LogP contribution >= 0.6 is 0 Å². The smallest absolute Gasteiger partial charge is 0.0873 e.